The number of rotatable bonds is 7. The number of carbonyl (C=O) groups is 1. The normalized spacial score (nSPS) is 11.8. The lowest BCUT2D eigenvalue weighted by atomic mass is 10.1. The van der Waals surface area contributed by atoms with Crippen LogP contribution in [0.15, 0.2) is 18.2 Å². The molecule has 0 aliphatic rings. The Hall–Kier alpha value is -2.15. The Bertz CT molecular complexity index is 491. The third-order valence-corrected chi connectivity index (χ3v) is 2.67. The number of ether oxygens (including phenoxy) is 1. The van der Waals surface area contributed by atoms with E-state index in [-0.39, 0.29) is 11.4 Å². The average Bonchev–Trinajstić information content (AvgIpc) is 2.40. The number of anilines is 1. The monoisotopic (exact) mass is 281 g/mol. The predicted molar refractivity (Wildman–Crippen MR) is 75.8 cm³/mol. The fourth-order valence-electron chi connectivity index (χ4n) is 1.69. The summed E-state index contributed by atoms with van der Waals surface area (Å²) in [7, 11) is 0. The van der Waals surface area contributed by atoms with E-state index in [1.54, 1.807) is 13.0 Å². The molecule has 1 rings (SSSR count). The summed E-state index contributed by atoms with van der Waals surface area (Å²) in [6.45, 7) is 4.10. The first-order valence-corrected chi connectivity index (χ1v) is 6.47. The van der Waals surface area contributed by atoms with Gasteiger partial charge < -0.3 is 15.8 Å². The molecule has 1 amide bonds. The third kappa shape index (κ3) is 4.20. The van der Waals surface area contributed by atoms with Crippen molar-refractivity contribution in [2.75, 3.05) is 11.9 Å². The second-order valence-corrected chi connectivity index (χ2v) is 4.25. The maximum absolute atomic E-state index is 11.8. The molecule has 0 bridgehead atoms. The van der Waals surface area contributed by atoms with Crippen LogP contribution in [0.2, 0.25) is 0 Å². The minimum absolute atomic E-state index is 0.120. The van der Waals surface area contributed by atoms with Crippen molar-refractivity contribution in [2.24, 2.45) is 5.73 Å². The van der Waals surface area contributed by atoms with Crippen LogP contribution in [-0.4, -0.2) is 23.5 Å². The second-order valence-electron chi connectivity index (χ2n) is 4.25. The molecule has 0 aromatic heterocycles. The second kappa shape index (κ2) is 7.44. The predicted octanol–water partition coefficient (Wildman–Crippen LogP) is 2.06. The molecule has 0 aliphatic carbocycles. The molecule has 0 heterocycles. The minimum atomic E-state index is -0.675. The zero-order chi connectivity index (χ0) is 15.1. The maximum Gasteiger partial charge on any atom is 0.296 e. The fourth-order valence-corrected chi connectivity index (χ4v) is 1.69. The molecular formula is C13H19N3O4. The molecule has 20 heavy (non-hydrogen) atoms. The summed E-state index contributed by atoms with van der Waals surface area (Å²) in [5.74, 6) is -0.0471. The summed E-state index contributed by atoms with van der Waals surface area (Å²) >= 11 is 0. The quantitative estimate of drug-likeness (QED) is 0.587. The smallest absolute Gasteiger partial charge is 0.296 e. The molecular weight excluding hydrogens is 262 g/mol. The van der Waals surface area contributed by atoms with E-state index in [0.29, 0.717) is 18.8 Å². The van der Waals surface area contributed by atoms with Gasteiger partial charge in [0.25, 0.3) is 5.69 Å². The third-order valence-electron chi connectivity index (χ3n) is 2.67. The van der Waals surface area contributed by atoms with E-state index in [1.165, 1.54) is 12.1 Å². The van der Waals surface area contributed by atoms with Crippen LogP contribution in [0.25, 0.3) is 0 Å². The molecule has 0 fully saturated rings. The summed E-state index contributed by atoms with van der Waals surface area (Å²) in [4.78, 5) is 22.3. The van der Waals surface area contributed by atoms with Crippen LogP contribution in [0.4, 0.5) is 11.4 Å². The highest BCUT2D eigenvalue weighted by atomic mass is 16.6. The number of nitrogens with one attached hydrogen (secondary N) is 1. The van der Waals surface area contributed by atoms with Gasteiger partial charge in [0.2, 0.25) is 5.91 Å². The Kier molecular flexibility index (Phi) is 5.92. The molecule has 7 nitrogen and oxygen atoms in total. The highest BCUT2D eigenvalue weighted by Crippen LogP contribution is 2.29. The Labute approximate surface area is 117 Å². The molecule has 1 unspecified atom stereocenters. The fraction of sp³-hybridized carbons (Fsp3) is 0.462. The van der Waals surface area contributed by atoms with Gasteiger partial charge in [-0.15, -0.1) is 0 Å². The average molecular weight is 281 g/mol. The highest BCUT2D eigenvalue weighted by Gasteiger charge is 2.20. The molecule has 3 N–H and O–H groups in total. The first-order valence-electron chi connectivity index (χ1n) is 6.47. The van der Waals surface area contributed by atoms with E-state index in [2.05, 4.69) is 5.32 Å². The Balaban J connectivity index is 2.94. The zero-order valence-electron chi connectivity index (χ0n) is 11.6. The van der Waals surface area contributed by atoms with Crippen LogP contribution < -0.4 is 15.8 Å². The Morgan fingerprint density at radius 1 is 1.50 bits per heavy atom. The van der Waals surface area contributed by atoms with Crippen molar-refractivity contribution >= 4 is 17.3 Å². The van der Waals surface area contributed by atoms with Crippen LogP contribution in [0.1, 0.15) is 26.7 Å². The summed E-state index contributed by atoms with van der Waals surface area (Å²) in [5, 5.41) is 13.5. The van der Waals surface area contributed by atoms with Crippen molar-refractivity contribution in [1.29, 1.82) is 0 Å². The number of benzene rings is 1. The molecule has 1 atom stereocenters. The van der Waals surface area contributed by atoms with Gasteiger partial charge in [-0.1, -0.05) is 13.3 Å². The number of carbonyl (C=O) groups excluding carboxylic acids is 1. The van der Waals surface area contributed by atoms with Gasteiger partial charge in [0, 0.05) is 0 Å². The summed E-state index contributed by atoms with van der Waals surface area (Å²) in [5.41, 5.74) is 5.58. The lowest BCUT2D eigenvalue weighted by molar-refractivity contribution is -0.384. The summed E-state index contributed by atoms with van der Waals surface area (Å²) < 4.78 is 5.20. The van der Waals surface area contributed by atoms with Crippen LogP contribution in [-0.2, 0) is 4.79 Å². The Morgan fingerprint density at radius 3 is 2.75 bits per heavy atom. The van der Waals surface area contributed by atoms with Crippen molar-refractivity contribution in [2.45, 2.75) is 32.7 Å². The standard InChI is InChI=1S/C13H19N3O4/c1-3-5-10(14)13(17)15-11-7-6-9(20-4-2)8-12(11)16(18)19/h6-8,10H,3-5,14H2,1-2H3,(H,15,17). The zero-order valence-corrected chi connectivity index (χ0v) is 11.6. The number of nitro groups is 1. The van der Waals surface area contributed by atoms with Gasteiger partial charge >= 0.3 is 0 Å². The number of nitrogens with zero attached hydrogens (tertiary/aromatic N) is 1. The number of amides is 1. The topological polar surface area (TPSA) is 107 Å². The molecule has 0 aliphatic heterocycles. The number of hydrogen-bond donors (Lipinski definition) is 2. The lowest BCUT2D eigenvalue weighted by Crippen LogP contribution is -2.35. The maximum atomic E-state index is 11.8. The van der Waals surface area contributed by atoms with Gasteiger partial charge in [0.1, 0.15) is 11.4 Å². The molecule has 0 saturated heterocycles. The molecule has 0 radical (unpaired) electrons. The molecule has 1 aromatic rings. The molecule has 110 valence electrons. The van der Waals surface area contributed by atoms with E-state index in [1.807, 2.05) is 6.92 Å². The molecule has 0 saturated carbocycles. The van der Waals surface area contributed by atoms with Crippen LogP contribution in [0.3, 0.4) is 0 Å². The SMILES string of the molecule is CCCC(N)C(=O)Nc1ccc(OCC)cc1[N+](=O)[O-]. The van der Waals surface area contributed by atoms with E-state index < -0.39 is 16.9 Å². The Morgan fingerprint density at radius 2 is 2.20 bits per heavy atom. The number of hydrogen-bond acceptors (Lipinski definition) is 5. The van der Waals surface area contributed by atoms with Crippen molar-refractivity contribution < 1.29 is 14.5 Å². The van der Waals surface area contributed by atoms with Gasteiger partial charge in [0.05, 0.1) is 23.6 Å². The minimum Gasteiger partial charge on any atom is -0.494 e. The van der Waals surface area contributed by atoms with Crippen molar-refractivity contribution in [3.63, 3.8) is 0 Å². The van der Waals surface area contributed by atoms with Gasteiger partial charge in [0.15, 0.2) is 0 Å². The van der Waals surface area contributed by atoms with Crippen molar-refractivity contribution in [1.82, 2.24) is 0 Å². The molecule has 7 heteroatoms. The highest BCUT2D eigenvalue weighted by molar-refractivity contribution is 5.96. The van der Waals surface area contributed by atoms with Gasteiger partial charge in [-0.05, 0) is 25.5 Å². The van der Waals surface area contributed by atoms with Gasteiger partial charge in [-0.25, -0.2) is 0 Å². The van der Waals surface area contributed by atoms with Gasteiger partial charge in [-0.3, -0.25) is 14.9 Å². The van der Waals surface area contributed by atoms with Gasteiger partial charge in [-0.2, -0.15) is 0 Å². The molecule has 1 aromatic carbocycles. The van der Waals surface area contributed by atoms with Crippen LogP contribution in [0, 0.1) is 10.1 Å². The summed E-state index contributed by atoms with van der Waals surface area (Å²) in [6.07, 6.45) is 1.29. The summed E-state index contributed by atoms with van der Waals surface area (Å²) in [6, 6.07) is 3.62. The number of nitrogens with two attached hydrogens (primary N) is 1. The van der Waals surface area contributed by atoms with E-state index in [0.717, 1.165) is 6.42 Å². The van der Waals surface area contributed by atoms with E-state index in [9.17, 15) is 14.9 Å². The van der Waals surface area contributed by atoms with Crippen LogP contribution >= 0.6 is 0 Å². The molecule has 0 spiro atoms. The van der Waals surface area contributed by atoms with E-state index >= 15 is 0 Å². The first-order chi connectivity index (χ1) is 9.49. The lowest BCUT2D eigenvalue weighted by Gasteiger charge is -2.12. The number of nitro benzene ring substituents is 1. The first kappa shape index (κ1) is 15.9. The largest absolute Gasteiger partial charge is 0.494 e. The van der Waals surface area contributed by atoms with Crippen molar-refractivity contribution in [3.05, 3.63) is 28.3 Å². The van der Waals surface area contributed by atoms with E-state index in [4.69, 9.17) is 10.5 Å². The van der Waals surface area contributed by atoms with Crippen molar-refractivity contribution in [3.8, 4) is 5.75 Å². The van der Waals surface area contributed by atoms with Crippen LogP contribution in [0.5, 0.6) is 5.75 Å².